The average molecular weight is 845 g/mol. The lowest BCUT2D eigenvalue weighted by Gasteiger charge is -2.25. The van der Waals surface area contributed by atoms with Crippen molar-refractivity contribution in [3.05, 3.63) is 108 Å². The van der Waals surface area contributed by atoms with Gasteiger partial charge in [0.25, 0.3) is 0 Å². The van der Waals surface area contributed by atoms with Crippen LogP contribution in [0.1, 0.15) is 42.4 Å². The third-order valence-electron chi connectivity index (χ3n) is 11.3. The number of unbranched alkanes of at least 4 members (excludes halogenated alkanes) is 1. The molecule has 5 heterocycles. The Hall–Kier alpha value is -6.62. The lowest BCUT2D eigenvalue weighted by atomic mass is 10.0. The number of imide groups is 1. The maximum absolute atomic E-state index is 14.6. The quantitative estimate of drug-likeness (QED) is 0.0284. The van der Waals surface area contributed by atoms with Gasteiger partial charge in [0, 0.05) is 70.7 Å². The SMILES string of the molecule is O=C1CN(N=CC(Cc2ccccc2)NC(=O)C(Cc2c[nH]c3ccccc23)NC(=O)C(Cc2c[nH]c3ccccc23)NC(=O)CCCCC2SCC3NC(=O)NC32)C(=O)N1. The molecule has 0 spiro atoms. The Morgan fingerprint density at radius 3 is 2.08 bits per heavy atom. The van der Waals surface area contributed by atoms with Crippen molar-refractivity contribution >= 4 is 75.5 Å². The highest BCUT2D eigenvalue weighted by molar-refractivity contribution is 8.00. The van der Waals surface area contributed by atoms with E-state index in [0.717, 1.165) is 62.1 Å². The Morgan fingerprint density at radius 1 is 0.770 bits per heavy atom. The molecule has 3 fully saturated rings. The first-order valence-corrected chi connectivity index (χ1v) is 21.6. The second-order valence-corrected chi connectivity index (χ2v) is 16.9. The van der Waals surface area contributed by atoms with E-state index in [9.17, 15) is 28.8 Å². The predicted octanol–water partition coefficient (Wildman–Crippen LogP) is 3.39. The number of nitrogens with one attached hydrogen (secondary N) is 8. The number of nitrogens with zero attached hydrogens (tertiary/aromatic N) is 2. The maximum Gasteiger partial charge on any atom is 0.344 e. The third-order valence-corrected chi connectivity index (χ3v) is 12.9. The highest BCUT2D eigenvalue weighted by atomic mass is 32.2. The number of carbonyl (C=O) groups is 6. The van der Waals surface area contributed by atoms with Gasteiger partial charge in [-0.3, -0.25) is 24.5 Å². The van der Waals surface area contributed by atoms with Gasteiger partial charge in [-0.2, -0.15) is 16.9 Å². The lowest BCUT2D eigenvalue weighted by Crippen LogP contribution is -2.56. The molecule has 8 rings (SSSR count). The fourth-order valence-corrected chi connectivity index (χ4v) is 9.79. The number of hydrazone groups is 1. The van der Waals surface area contributed by atoms with Crippen molar-refractivity contribution in [1.29, 1.82) is 0 Å². The summed E-state index contributed by atoms with van der Waals surface area (Å²) in [5.74, 6) is -0.947. The Morgan fingerprint density at radius 2 is 1.41 bits per heavy atom. The normalized spacial score (nSPS) is 20.0. The standard InChI is InChI=1S/C44H48N10O6S/c55-38(17-9-8-16-37-40-36(25-61-37)51-43(59)53-40)49-34(19-27-21-45-32-14-6-4-12-30(27)32)42(58)50-35(20-28-22-46-33-15-7-5-13-31(28)33)41(57)48-29(18-26-10-2-1-3-11-26)23-47-54-24-39(56)52-44(54)60/h1-7,10-15,21-23,29,34-37,40,45-46H,8-9,16-20,24-25H2,(H,48,57)(H,49,55)(H,50,58)(H2,51,53,59)(H,52,56,60). The van der Waals surface area contributed by atoms with Crippen LogP contribution < -0.4 is 31.9 Å². The Labute approximate surface area is 355 Å². The summed E-state index contributed by atoms with van der Waals surface area (Å²) in [5.41, 5.74) is 4.28. The fraction of sp³-hybridized carbons (Fsp3) is 0.341. The number of thioether (sulfide) groups is 1. The van der Waals surface area contributed by atoms with Crippen molar-refractivity contribution in [2.45, 2.75) is 80.4 Å². The molecule has 2 aromatic heterocycles. The van der Waals surface area contributed by atoms with E-state index >= 15 is 0 Å². The molecule has 0 radical (unpaired) electrons. The van der Waals surface area contributed by atoms with Gasteiger partial charge in [-0.15, -0.1) is 0 Å². The van der Waals surface area contributed by atoms with Gasteiger partial charge in [-0.05, 0) is 48.1 Å². The summed E-state index contributed by atoms with van der Waals surface area (Å²) in [5, 5.41) is 24.5. The van der Waals surface area contributed by atoms with Crippen LogP contribution in [0.15, 0.2) is 96.4 Å². The zero-order valence-electron chi connectivity index (χ0n) is 33.3. The zero-order valence-corrected chi connectivity index (χ0v) is 34.1. The summed E-state index contributed by atoms with van der Waals surface area (Å²) in [6.45, 7) is -0.248. The molecule has 8 N–H and O–H groups in total. The molecule has 61 heavy (non-hydrogen) atoms. The number of hydrogen-bond donors (Lipinski definition) is 8. The van der Waals surface area contributed by atoms with Crippen LogP contribution in [0.3, 0.4) is 0 Å². The van der Waals surface area contributed by atoms with Crippen molar-refractivity contribution in [3.8, 4) is 0 Å². The molecule has 0 aliphatic carbocycles. The maximum atomic E-state index is 14.6. The number of H-pyrrole nitrogens is 2. The van der Waals surface area contributed by atoms with Crippen molar-refractivity contribution < 1.29 is 28.8 Å². The first kappa shape index (κ1) is 41.1. The topological polar surface area (TPSA) is 222 Å². The van der Waals surface area contributed by atoms with Crippen LogP contribution in [0.5, 0.6) is 0 Å². The molecule has 16 nitrogen and oxygen atoms in total. The van der Waals surface area contributed by atoms with E-state index in [0.29, 0.717) is 12.8 Å². The van der Waals surface area contributed by atoms with Gasteiger partial charge < -0.3 is 36.6 Å². The number of aromatic amines is 2. The summed E-state index contributed by atoms with van der Waals surface area (Å²) >= 11 is 1.83. The van der Waals surface area contributed by atoms with Gasteiger partial charge in [-0.1, -0.05) is 73.2 Å². The number of aromatic nitrogens is 2. The van der Waals surface area contributed by atoms with Crippen LogP contribution in [0.25, 0.3) is 21.8 Å². The van der Waals surface area contributed by atoms with Crippen molar-refractivity contribution in [2.75, 3.05) is 12.3 Å². The largest absolute Gasteiger partial charge is 0.361 e. The van der Waals surface area contributed by atoms with Crippen LogP contribution in [0.4, 0.5) is 9.59 Å². The number of amides is 8. The second kappa shape index (κ2) is 18.8. The first-order valence-electron chi connectivity index (χ1n) is 20.5. The van der Waals surface area contributed by atoms with Gasteiger partial charge in [0.05, 0.1) is 18.1 Å². The highest BCUT2D eigenvalue weighted by Gasteiger charge is 2.42. The molecular weight excluding hydrogens is 797 g/mol. The van der Waals surface area contributed by atoms with E-state index in [-0.39, 0.29) is 55.1 Å². The van der Waals surface area contributed by atoms with Crippen molar-refractivity contribution in [1.82, 2.24) is 46.9 Å². The van der Waals surface area contributed by atoms with Gasteiger partial charge in [-0.25, -0.2) is 14.6 Å². The van der Waals surface area contributed by atoms with Gasteiger partial charge in [0.15, 0.2) is 0 Å². The minimum atomic E-state index is -1.10. The molecule has 0 saturated carbocycles. The molecular formula is C44H48N10O6S. The number of para-hydroxylation sites is 2. The van der Waals surface area contributed by atoms with Crippen LogP contribution in [0, 0.1) is 0 Å². The summed E-state index contributed by atoms with van der Waals surface area (Å²) in [6, 6.07) is 21.4. The Kier molecular flexibility index (Phi) is 12.6. The molecule has 5 aromatic rings. The highest BCUT2D eigenvalue weighted by Crippen LogP contribution is 2.33. The molecule has 6 unspecified atom stereocenters. The smallest absolute Gasteiger partial charge is 0.344 e. The van der Waals surface area contributed by atoms with Crippen molar-refractivity contribution in [3.63, 3.8) is 0 Å². The van der Waals surface area contributed by atoms with Crippen molar-refractivity contribution in [2.24, 2.45) is 5.10 Å². The molecule has 17 heteroatoms. The van der Waals surface area contributed by atoms with E-state index in [1.165, 1.54) is 6.21 Å². The Balaban J connectivity index is 1.01. The minimum absolute atomic E-state index is 0.0862. The minimum Gasteiger partial charge on any atom is -0.361 e. The van der Waals surface area contributed by atoms with Crippen LogP contribution >= 0.6 is 11.8 Å². The summed E-state index contributed by atoms with van der Waals surface area (Å²) in [6.07, 6.45) is 8.08. The molecule has 6 atom stereocenters. The first-order chi connectivity index (χ1) is 29.7. The van der Waals surface area contributed by atoms with Gasteiger partial charge in [0.1, 0.15) is 18.6 Å². The fourth-order valence-electron chi connectivity index (χ4n) is 8.25. The molecule has 3 saturated heterocycles. The monoisotopic (exact) mass is 844 g/mol. The summed E-state index contributed by atoms with van der Waals surface area (Å²) in [4.78, 5) is 85.1. The molecule has 3 aliphatic rings. The summed E-state index contributed by atoms with van der Waals surface area (Å²) < 4.78 is 0. The number of rotatable bonds is 18. The van der Waals surface area contributed by atoms with E-state index in [1.54, 1.807) is 0 Å². The molecule has 3 aliphatic heterocycles. The number of fused-ring (bicyclic) bond motifs is 3. The van der Waals surface area contributed by atoms with Gasteiger partial charge >= 0.3 is 12.1 Å². The molecule has 0 bridgehead atoms. The molecule has 316 valence electrons. The number of urea groups is 2. The Bertz CT molecular complexity index is 2450. The number of benzene rings is 3. The van der Waals surface area contributed by atoms with E-state index in [4.69, 9.17) is 0 Å². The average Bonchev–Trinajstić information content (AvgIpc) is 4.09. The number of hydrogen-bond acceptors (Lipinski definition) is 8. The van der Waals surface area contributed by atoms with E-state index in [2.05, 4.69) is 47.0 Å². The van der Waals surface area contributed by atoms with Crippen LogP contribution in [-0.4, -0.2) is 105 Å². The summed E-state index contributed by atoms with van der Waals surface area (Å²) in [7, 11) is 0. The van der Waals surface area contributed by atoms with E-state index in [1.807, 2.05) is 103 Å². The van der Waals surface area contributed by atoms with Gasteiger partial charge in [0.2, 0.25) is 23.6 Å². The zero-order chi connectivity index (χ0) is 42.3. The van der Waals surface area contributed by atoms with Crippen LogP contribution in [0.2, 0.25) is 0 Å². The third kappa shape index (κ3) is 10.1. The lowest BCUT2D eigenvalue weighted by molar-refractivity contribution is -0.132. The second-order valence-electron chi connectivity index (χ2n) is 15.7. The number of carbonyl (C=O) groups excluding carboxylic acids is 6. The molecule has 3 aromatic carbocycles. The van der Waals surface area contributed by atoms with Crippen LogP contribution in [-0.2, 0) is 38.4 Å². The van der Waals surface area contributed by atoms with E-state index < -0.39 is 41.9 Å². The molecule has 8 amide bonds. The predicted molar refractivity (Wildman–Crippen MR) is 233 cm³/mol.